The zero-order chi connectivity index (χ0) is 21.0. The van der Waals surface area contributed by atoms with Crippen molar-refractivity contribution in [3.8, 4) is 11.8 Å². The molecule has 3 heteroatoms. The number of carbonyl (C=O) groups is 1. The third-order valence-electron chi connectivity index (χ3n) is 5.61. The molecule has 1 N–H and O–H groups in total. The molecule has 0 aliphatic heterocycles. The van der Waals surface area contributed by atoms with Crippen LogP contribution in [0.15, 0.2) is 78.9 Å². The standard InChI is InChI=1S/C27H24O3/c1-20(26(28)29)24-13-9-21(10-14-24)7-8-22-11-15-25(16-12-22)27(17-18-27)30-19-23-5-3-2-4-6-23/h2-6,9-16,20H,17-19H2,1H3,(H,28,29). The van der Waals surface area contributed by atoms with Gasteiger partial charge < -0.3 is 9.84 Å². The fourth-order valence-corrected chi connectivity index (χ4v) is 3.42. The molecule has 1 unspecified atom stereocenters. The van der Waals surface area contributed by atoms with E-state index >= 15 is 0 Å². The third-order valence-corrected chi connectivity index (χ3v) is 5.61. The highest BCUT2D eigenvalue weighted by Crippen LogP contribution is 2.49. The van der Waals surface area contributed by atoms with Crippen LogP contribution in [-0.2, 0) is 21.7 Å². The second kappa shape index (κ2) is 8.57. The van der Waals surface area contributed by atoms with Crippen molar-refractivity contribution in [3.05, 3.63) is 107 Å². The van der Waals surface area contributed by atoms with E-state index in [0.717, 1.165) is 29.5 Å². The van der Waals surface area contributed by atoms with Crippen LogP contribution in [0.5, 0.6) is 0 Å². The van der Waals surface area contributed by atoms with Crippen molar-refractivity contribution in [2.75, 3.05) is 0 Å². The van der Waals surface area contributed by atoms with Gasteiger partial charge in [0.2, 0.25) is 0 Å². The highest BCUT2D eigenvalue weighted by atomic mass is 16.5. The molecule has 30 heavy (non-hydrogen) atoms. The number of benzene rings is 3. The van der Waals surface area contributed by atoms with Crippen molar-refractivity contribution in [1.29, 1.82) is 0 Å². The Balaban J connectivity index is 1.40. The van der Waals surface area contributed by atoms with E-state index in [9.17, 15) is 4.79 Å². The van der Waals surface area contributed by atoms with E-state index in [1.54, 1.807) is 6.92 Å². The van der Waals surface area contributed by atoms with E-state index in [1.807, 2.05) is 54.6 Å². The molecule has 3 aromatic carbocycles. The van der Waals surface area contributed by atoms with Gasteiger partial charge in [0.05, 0.1) is 18.1 Å². The highest BCUT2D eigenvalue weighted by Gasteiger charge is 2.45. The Morgan fingerprint density at radius 2 is 1.50 bits per heavy atom. The first-order chi connectivity index (χ1) is 14.6. The minimum absolute atomic E-state index is 0.154. The van der Waals surface area contributed by atoms with Crippen molar-refractivity contribution in [3.63, 3.8) is 0 Å². The number of rotatable bonds is 6. The van der Waals surface area contributed by atoms with E-state index in [-0.39, 0.29) is 5.60 Å². The number of ether oxygens (including phenoxy) is 1. The van der Waals surface area contributed by atoms with Crippen LogP contribution in [-0.4, -0.2) is 11.1 Å². The molecule has 0 aromatic heterocycles. The largest absolute Gasteiger partial charge is 0.481 e. The van der Waals surface area contributed by atoms with Gasteiger partial charge in [-0.1, -0.05) is 66.4 Å². The lowest BCUT2D eigenvalue weighted by Crippen LogP contribution is -2.11. The Labute approximate surface area is 177 Å². The van der Waals surface area contributed by atoms with Crippen molar-refractivity contribution in [1.82, 2.24) is 0 Å². The number of hydrogen-bond donors (Lipinski definition) is 1. The van der Waals surface area contributed by atoms with Gasteiger partial charge in [-0.3, -0.25) is 4.79 Å². The summed E-state index contributed by atoms with van der Waals surface area (Å²) in [5.74, 6) is 4.99. The van der Waals surface area contributed by atoms with Crippen molar-refractivity contribution < 1.29 is 14.6 Å². The van der Waals surface area contributed by atoms with E-state index in [4.69, 9.17) is 9.84 Å². The zero-order valence-corrected chi connectivity index (χ0v) is 17.0. The molecular formula is C27H24O3. The minimum atomic E-state index is -0.824. The maximum absolute atomic E-state index is 11.1. The minimum Gasteiger partial charge on any atom is -0.481 e. The highest BCUT2D eigenvalue weighted by molar-refractivity contribution is 5.75. The summed E-state index contributed by atoms with van der Waals surface area (Å²) in [7, 11) is 0. The Morgan fingerprint density at radius 1 is 0.933 bits per heavy atom. The average Bonchev–Trinajstić information content (AvgIpc) is 3.58. The van der Waals surface area contributed by atoms with Gasteiger partial charge in [0, 0.05) is 11.1 Å². The summed E-state index contributed by atoms with van der Waals surface area (Å²) in [5.41, 5.74) is 4.83. The van der Waals surface area contributed by atoms with Crippen molar-refractivity contribution in [2.24, 2.45) is 0 Å². The van der Waals surface area contributed by atoms with Gasteiger partial charge >= 0.3 is 5.97 Å². The maximum Gasteiger partial charge on any atom is 0.310 e. The Hall–Kier alpha value is -3.35. The van der Waals surface area contributed by atoms with E-state index in [1.165, 1.54) is 11.1 Å². The lowest BCUT2D eigenvalue weighted by Gasteiger charge is -2.17. The van der Waals surface area contributed by atoms with Gasteiger partial charge in [0.15, 0.2) is 0 Å². The molecule has 0 amide bonds. The zero-order valence-electron chi connectivity index (χ0n) is 17.0. The van der Waals surface area contributed by atoms with Crippen molar-refractivity contribution in [2.45, 2.75) is 37.9 Å². The molecule has 3 nitrogen and oxygen atoms in total. The summed E-state index contributed by atoms with van der Waals surface area (Å²) >= 11 is 0. The van der Waals surface area contributed by atoms with Gasteiger partial charge in [0.25, 0.3) is 0 Å². The number of carboxylic acid groups (broad SMARTS) is 1. The van der Waals surface area contributed by atoms with Gasteiger partial charge in [0.1, 0.15) is 0 Å². The molecule has 0 spiro atoms. The molecular weight excluding hydrogens is 372 g/mol. The number of carboxylic acids is 1. The lowest BCUT2D eigenvalue weighted by molar-refractivity contribution is -0.138. The first-order valence-corrected chi connectivity index (χ1v) is 10.2. The quantitative estimate of drug-likeness (QED) is 0.561. The Bertz CT molecular complexity index is 1070. The monoisotopic (exact) mass is 396 g/mol. The SMILES string of the molecule is CC(C(=O)O)c1ccc(C#Cc2ccc(C3(OCc4ccccc4)CC3)cc2)cc1. The van der Waals surface area contributed by atoms with Crippen LogP contribution in [0.1, 0.15) is 53.5 Å². The van der Waals surface area contributed by atoms with Crippen LogP contribution in [0, 0.1) is 11.8 Å². The summed E-state index contributed by atoms with van der Waals surface area (Å²) in [5, 5.41) is 9.10. The Kier molecular flexibility index (Phi) is 5.70. The van der Waals surface area contributed by atoms with E-state index < -0.39 is 11.9 Å². The first kappa shape index (κ1) is 19.9. The van der Waals surface area contributed by atoms with Gasteiger partial charge in [-0.2, -0.15) is 0 Å². The molecule has 1 aliphatic rings. The summed E-state index contributed by atoms with van der Waals surface area (Å²) in [6.45, 7) is 2.31. The topological polar surface area (TPSA) is 46.5 Å². The van der Waals surface area contributed by atoms with Crippen molar-refractivity contribution >= 4 is 5.97 Å². The molecule has 1 saturated carbocycles. The smallest absolute Gasteiger partial charge is 0.310 e. The third kappa shape index (κ3) is 4.62. The molecule has 1 atom stereocenters. The summed E-state index contributed by atoms with van der Waals surface area (Å²) in [6.07, 6.45) is 2.10. The lowest BCUT2D eigenvalue weighted by atomic mass is 10.00. The van der Waals surface area contributed by atoms with Gasteiger partial charge in [-0.05, 0) is 60.7 Å². The molecule has 0 heterocycles. The number of hydrogen-bond acceptors (Lipinski definition) is 2. The van der Waals surface area contributed by atoms with Gasteiger partial charge in [-0.15, -0.1) is 0 Å². The van der Waals surface area contributed by atoms with Crippen LogP contribution in [0.2, 0.25) is 0 Å². The van der Waals surface area contributed by atoms with Crippen LogP contribution < -0.4 is 0 Å². The second-order valence-electron chi connectivity index (χ2n) is 7.78. The van der Waals surface area contributed by atoms with Gasteiger partial charge in [-0.25, -0.2) is 0 Å². The maximum atomic E-state index is 11.1. The van der Waals surface area contributed by atoms with Crippen LogP contribution in [0.25, 0.3) is 0 Å². The fraction of sp³-hybridized carbons (Fsp3) is 0.222. The summed E-state index contributed by atoms with van der Waals surface area (Å²) in [6, 6.07) is 25.9. The predicted molar refractivity (Wildman–Crippen MR) is 117 cm³/mol. The van der Waals surface area contributed by atoms with E-state index in [2.05, 4.69) is 36.1 Å². The molecule has 0 saturated heterocycles. The molecule has 3 aromatic rings. The number of aliphatic carboxylic acids is 1. The molecule has 1 fully saturated rings. The van der Waals surface area contributed by atoms with Crippen LogP contribution in [0.4, 0.5) is 0 Å². The second-order valence-corrected chi connectivity index (χ2v) is 7.78. The van der Waals surface area contributed by atoms with E-state index in [0.29, 0.717) is 6.61 Å². The van der Waals surface area contributed by atoms with Crippen LogP contribution in [0.3, 0.4) is 0 Å². The summed E-state index contributed by atoms with van der Waals surface area (Å²) in [4.78, 5) is 11.1. The normalized spacial score (nSPS) is 15.0. The molecule has 0 bridgehead atoms. The molecule has 1 aliphatic carbocycles. The Morgan fingerprint density at radius 3 is 2.03 bits per heavy atom. The molecule has 0 radical (unpaired) electrons. The fourth-order valence-electron chi connectivity index (χ4n) is 3.42. The summed E-state index contributed by atoms with van der Waals surface area (Å²) < 4.78 is 6.25. The first-order valence-electron chi connectivity index (χ1n) is 10.2. The average molecular weight is 396 g/mol. The molecule has 150 valence electrons. The molecule has 4 rings (SSSR count). The predicted octanol–water partition coefficient (Wildman–Crippen LogP) is 5.48. The van der Waals surface area contributed by atoms with Crippen LogP contribution >= 0.6 is 0 Å².